The van der Waals surface area contributed by atoms with Crippen molar-refractivity contribution < 1.29 is 14.7 Å². The van der Waals surface area contributed by atoms with Gasteiger partial charge in [-0.3, -0.25) is 0 Å². The van der Waals surface area contributed by atoms with E-state index in [1.165, 1.54) is 4.90 Å². The minimum absolute atomic E-state index is 0.0314. The molecule has 0 saturated heterocycles. The Labute approximate surface area is 165 Å². The molecule has 0 spiro atoms. The van der Waals surface area contributed by atoms with Crippen molar-refractivity contribution in [1.29, 1.82) is 0 Å². The summed E-state index contributed by atoms with van der Waals surface area (Å²) in [6, 6.07) is 13.1. The van der Waals surface area contributed by atoms with Crippen LogP contribution in [0.1, 0.15) is 38.8 Å². The number of benzene rings is 2. The lowest BCUT2D eigenvalue weighted by Crippen LogP contribution is -2.60. The molecule has 0 saturated carbocycles. The molecule has 28 heavy (non-hydrogen) atoms. The van der Waals surface area contributed by atoms with Gasteiger partial charge in [0.2, 0.25) is 0 Å². The number of nitrogens with two attached hydrogens (primary N) is 1. The molecular formula is C22H27N3O3. The number of carbonyl (C=O) groups is 2. The molecule has 1 aliphatic heterocycles. The molecule has 6 nitrogen and oxygen atoms in total. The molecule has 0 aromatic heterocycles. The van der Waals surface area contributed by atoms with E-state index < -0.39 is 6.09 Å². The number of nitrogen functional groups attached to an aromatic ring is 1. The number of carbonyl (C=O) groups excluding carboxylic acids is 2. The Morgan fingerprint density at radius 3 is 2.32 bits per heavy atom. The highest BCUT2D eigenvalue weighted by Gasteiger charge is 2.46. The van der Waals surface area contributed by atoms with E-state index in [9.17, 15) is 14.7 Å². The van der Waals surface area contributed by atoms with E-state index in [0.717, 1.165) is 22.4 Å². The number of hydrogen-bond donors (Lipinski definition) is 1. The van der Waals surface area contributed by atoms with E-state index in [1.807, 2.05) is 56.4 Å². The van der Waals surface area contributed by atoms with Crippen LogP contribution < -0.4 is 15.3 Å². The van der Waals surface area contributed by atoms with Gasteiger partial charge in [-0.25, -0.2) is 9.28 Å². The van der Waals surface area contributed by atoms with Crippen molar-refractivity contribution in [3.05, 3.63) is 48.0 Å². The van der Waals surface area contributed by atoms with Gasteiger partial charge in [0.05, 0.1) is 26.1 Å². The lowest BCUT2D eigenvalue weighted by Gasteiger charge is -2.47. The molecule has 0 radical (unpaired) electrons. The Balaban J connectivity index is 2.21. The molecule has 0 fully saturated rings. The average molecular weight is 381 g/mol. The van der Waals surface area contributed by atoms with Crippen LogP contribution in [0.5, 0.6) is 0 Å². The van der Waals surface area contributed by atoms with Crippen molar-refractivity contribution in [2.75, 3.05) is 19.3 Å². The normalized spacial score (nSPS) is 23.7. The molecule has 0 bridgehead atoms. The lowest BCUT2D eigenvalue weighted by molar-refractivity contribution is -0.268. The smallest absolute Gasteiger partial charge is 0.315 e. The van der Waals surface area contributed by atoms with Crippen LogP contribution in [0.3, 0.4) is 0 Å². The van der Waals surface area contributed by atoms with E-state index in [4.69, 9.17) is 5.73 Å². The van der Waals surface area contributed by atoms with Crippen LogP contribution in [0.15, 0.2) is 42.5 Å². The van der Waals surface area contributed by atoms with Gasteiger partial charge < -0.3 is 20.5 Å². The molecule has 2 amide bonds. The maximum atomic E-state index is 12.6. The van der Waals surface area contributed by atoms with Gasteiger partial charge in [-0.2, -0.15) is 0 Å². The molecule has 3 rings (SSSR count). The lowest BCUT2D eigenvalue weighted by atomic mass is 9.86. The predicted molar refractivity (Wildman–Crippen MR) is 109 cm³/mol. The third kappa shape index (κ3) is 3.14. The van der Waals surface area contributed by atoms with Gasteiger partial charge in [0.15, 0.2) is 0 Å². The van der Waals surface area contributed by atoms with Gasteiger partial charge in [0.1, 0.15) is 11.8 Å². The molecule has 6 heteroatoms. The van der Waals surface area contributed by atoms with Crippen molar-refractivity contribution in [1.82, 2.24) is 9.38 Å². The molecule has 1 aliphatic rings. The number of rotatable bonds is 3. The van der Waals surface area contributed by atoms with Crippen molar-refractivity contribution in [2.45, 2.75) is 39.3 Å². The summed E-state index contributed by atoms with van der Waals surface area (Å²) < 4.78 is 0.151. The highest BCUT2D eigenvalue weighted by atomic mass is 16.4. The van der Waals surface area contributed by atoms with Crippen LogP contribution in [0.2, 0.25) is 0 Å². The molecule has 2 N–H and O–H groups in total. The second-order valence-corrected chi connectivity index (χ2v) is 7.64. The van der Waals surface area contributed by atoms with E-state index in [-0.39, 0.29) is 22.5 Å². The summed E-state index contributed by atoms with van der Waals surface area (Å²) in [6.45, 7) is 5.71. The number of anilines is 1. The van der Waals surface area contributed by atoms with Crippen LogP contribution in [-0.4, -0.2) is 36.5 Å². The Morgan fingerprint density at radius 1 is 1.18 bits per heavy atom. The minimum Gasteiger partial charge on any atom is -0.530 e. The Bertz CT molecular complexity index is 910. The largest absolute Gasteiger partial charge is 0.530 e. The van der Waals surface area contributed by atoms with Crippen molar-refractivity contribution in [3.63, 3.8) is 0 Å². The Hall–Kier alpha value is -2.86. The van der Waals surface area contributed by atoms with Gasteiger partial charge >= 0.3 is 5.91 Å². The second kappa shape index (κ2) is 7.28. The van der Waals surface area contributed by atoms with Gasteiger partial charge in [0.25, 0.3) is 0 Å². The van der Waals surface area contributed by atoms with Crippen LogP contribution in [0.25, 0.3) is 11.1 Å². The molecule has 2 aromatic carbocycles. The molecule has 3 atom stereocenters. The fourth-order valence-electron chi connectivity index (χ4n) is 4.25. The van der Waals surface area contributed by atoms with Gasteiger partial charge in [0, 0.05) is 30.3 Å². The minimum atomic E-state index is -1.19. The summed E-state index contributed by atoms with van der Waals surface area (Å²) >= 11 is 0. The van der Waals surface area contributed by atoms with E-state index in [2.05, 4.69) is 0 Å². The Morgan fingerprint density at radius 2 is 1.79 bits per heavy atom. The maximum Gasteiger partial charge on any atom is 0.315 e. The average Bonchev–Trinajstić information content (AvgIpc) is 2.66. The van der Waals surface area contributed by atoms with Crippen LogP contribution >= 0.6 is 0 Å². The zero-order valence-electron chi connectivity index (χ0n) is 16.8. The van der Waals surface area contributed by atoms with Gasteiger partial charge in [-0.05, 0) is 49.2 Å². The molecule has 148 valence electrons. The SMILES string of the molecule is CCN(C(=O)[O-])[C@@H]1C[C@H](C)[N+](C)(C(C)=O)c2ccc(-c3ccc(N)cc3)cc21. The van der Waals surface area contributed by atoms with E-state index >= 15 is 0 Å². The topological polar surface area (TPSA) is 86.5 Å². The first-order valence-corrected chi connectivity index (χ1v) is 9.55. The number of quaternary nitrogens is 1. The summed E-state index contributed by atoms with van der Waals surface area (Å²) in [4.78, 5) is 25.7. The quantitative estimate of drug-likeness (QED) is 0.654. The molecule has 1 heterocycles. The number of nitrogens with zero attached hydrogens (tertiary/aromatic N) is 2. The number of hydrogen-bond acceptors (Lipinski definition) is 4. The zero-order valence-corrected chi connectivity index (χ0v) is 16.8. The summed E-state index contributed by atoms with van der Waals surface area (Å²) in [6.07, 6.45) is -0.640. The van der Waals surface area contributed by atoms with E-state index in [1.54, 1.807) is 13.8 Å². The molecule has 1 unspecified atom stereocenters. The zero-order chi connectivity index (χ0) is 20.6. The molecule has 2 aromatic rings. The highest BCUT2D eigenvalue weighted by molar-refractivity contribution is 5.89. The summed E-state index contributed by atoms with van der Waals surface area (Å²) in [5, 5.41) is 11.8. The van der Waals surface area contributed by atoms with Gasteiger partial charge in [-0.15, -0.1) is 0 Å². The summed E-state index contributed by atoms with van der Waals surface area (Å²) in [5.41, 5.74) is 10.1. The number of carboxylic acid groups (broad SMARTS) is 1. The van der Waals surface area contributed by atoms with Gasteiger partial charge in [-0.1, -0.05) is 12.1 Å². The van der Waals surface area contributed by atoms with Crippen molar-refractivity contribution >= 4 is 23.4 Å². The van der Waals surface area contributed by atoms with Crippen LogP contribution in [-0.2, 0) is 4.79 Å². The fraction of sp³-hybridized carbons (Fsp3) is 0.364. The molecule has 0 aliphatic carbocycles. The summed E-state index contributed by atoms with van der Waals surface area (Å²) in [7, 11) is 1.90. The molecular weight excluding hydrogens is 354 g/mol. The highest BCUT2D eigenvalue weighted by Crippen LogP contribution is 2.45. The third-order valence-corrected chi connectivity index (χ3v) is 6.18. The first-order chi connectivity index (χ1) is 13.2. The van der Waals surface area contributed by atoms with E-state index in [0.29, 0.717) is 18.7 Å². The van der Waals surface area contributed by atoms with Crippen LogP contribution in [0.4, 0.5) is 16.2 Å². The summed E-state index contributed by atoms with van der Waals surface area (Å²) in [5.74, 6) is 0.0314. The fourth-order valence-corrected chi connectivity index (χ4v) is 4.25. The second-order valence-electron chi connectivity index (χ2n) is 7.64. The third-order valence-electron chi connectivity index (χ3n) is 6.18. The maximum absolute atomic E-state index is 12.6. The number of fused-ring (bicyclic) bond motifs is 1. The Kier molecular flexibility index (Phi) is 5.17. The standard InChI is InChI=1S/C22H27N3O3/c1-5-24(22(27)28)20-12-14(2)25(4,15(3)26)21-11-8-17(13-19(20)21)16-6-9-18(23)10-7-16/h6-11,13-14,20H,5,12,23H2,1-4H3/t14-,20+,25?/m0/s1. The van der Waals surface area contributed by atoms with Crippen LogP contribution in [0, 0.1) is 0 Å². The predicted octanol–water partition coefficient (Wildman–Crippen LogP) is 2.92. The van der Waals surface area contributed by atoms with Crippen molar-refractivity contribution in [2.24, 2.45) is 0 Å². The first kappa shape index (κ1) is 19.9. The van der Waals surface area contributed by atoms with Crippen molar-refractivity contribution in [3.8, 4) is 11.1 Å². The number of amides is 2. The first-order valence-electron chi connectivity index (χ1n) is 9.55. The monoisotopic (exact) mass is 381 g/mol.